The lowest BCUT2D eigenvalue weighted by Crippen LogP contribution is -2.73. The van der Waals surface area contributed by atoms with Gasteiger partial charge in [0.1, 0.15) is 17.1 Å². The van der Waals surface area contributed by atoms with Crippen LogP contribution in [0.3, 0.4) is 0 Å². The first kappa shape index (κ1) is 30.3. The van der Waals surface area contributed by atoms with E-state index >= 15 is 4.39 Å². The number of hydrogen-bond donors (Lipinski definition) is 2. The predicted octanol–water partition coefficient (Wildman–Crippen LogP) is 4.40. The number of H-pyrrole nitrogens is 1. The lowest BCUT2D eigenvalue weighted by atomic mass is 9.72. The highest BCUT2D eigenvalue weighted by atomic mass is 19.1. The fraction of sp³-hybridized carbons (Fsp3) is 0.314. The fourth-order valence-electron chi connectivity index (χ4n) is 7.20. The van der Waals surface area contributed by atoms with Crippen molar-refractivity contribution >= 4 is 39.4 Å². The molecule has 12 heteroatoms. The van der Waals surface area contributed by atoms with Crippen LogP contribution in [-0.4, -0.2) is 74.7 Å². The Labute approximate surface area is 270 Å². The number of likely N-dealkylation sites (tertiary alicyclic amines) is 1. The van der Waals surface area contributed by atoms with Crippen molar-refractivity contribution in [2.45, 2.75) is 33.6 Å². The second-order valence-corrected chi connectivity index (χ2v) is 13.0. The lowest BCUT2D eigenvalue weighted by molar-refractivity contribution is -0.139. The molecule has 5 aromatic rings. The molecule has 2 aliphatic rings. The van der Waals surface area contributed by atoms with Crippen LogP contribution in [0.1, 0.15) is 46.9 Å². The van der Waals surface area contributed by atoms with Crippen molar-refractivity contribution in [2.75, 3.05) is 38.1 Å². The van der Waals surface area contributed by atoms with Crippen LogP contribution in [-0.2, 0) is 4.79 Å². The molecule has 0 aliphatic carbocycles. The van der Waals surface area contributed by atoms with Crippen LogP contribution >= 0.6 is 0 Å². The van der Waals surface area contributed by atoms with Crippen LogP contribution in [0.15, 0.2) is 54.1 Å². The zero-order valence-electron chi connectivity index (χ0n) is 26.9. The van der Waals surface area contributed by atoms with Gasteiger partial charge in [-0.15, -0.1) is 0 Å². The maximum atomic E-state index is 16.6. The lowest BCUT2D eigenvalue weighted by Gasteiger charge is -2.61. The summed E-state index contributed by atoms with van der Waals surface area (Å²) in [6.07, 6.45) is 4.62. The first-order chi connectivity index (χ1) is 22.5. The van der Waals surface area contributed by atoms with Gasteiger partial charge in [0, 0.05) is 61.2 Å². The standard InChI is InChI=1S/C35H35FN8O3/c1-7-25(45)42-14-35(15-42)16-43(17-35)31-21-12-23(36)29(26-19(4)8-9-24-22(26)13-39-41-24)40-32(21)44(34(47)27(31)33(46)37-6)30-20(5)10-11-38-28(30)18(2)3/h7-13,18H,1,14-17H2,2-6H3,(H,37,46)(H,39,41). The number of halogens is 1. The number of fused-ring (bicyclic) bond motifs is 2. The minimum Gasteiger partial charge on any atom is -0.369 e. The summed E-state index contributed by atoms with van der Waals surface area (Å²) in [6.45, 7) is 13.3. The number of pyridine rings is 3. The van der Waals surface area contributed by atoms with E-state index in [4.69, 9.17) is 4.98 Å². The molecule has 2 saturated heterocycles. The van der Waals surface area contributed by atoms with Crippen molar-refractivity contribution in [3.8, 4) is 16.9 Å². The molecule has 2 N–H and O–H groups in total. The Hall–Kier alpha value is -5.39. The molecule has 6 heterocycles. The van der Waals surface area contributed by atoms with Crippen LogP contribution in [0, 0.1) is 25.1 Å². The number of rotatable bonds is 6. The molecule has 11 nitrogen and oxygen atoms in total. The summed E-state index contributed by atoms with van der Waals surface area (Å²) in [5.41, 5.74) is 3.71. The minimum atomic E-state index is -0.600. The topological polar surface area (TPSA) is 129 Å². The summed E-state index contributed by atoms with van der Waals surface area (Å²) >= 11 is 0. The van der Waals surface area contributed by atoms with Crippen molar-refractivity contribution < 1.29 is 14.0 Å². The quantitative estimate of drug-likeness (QED) is 0.265. The number of aryl methyl sites for hydroxylation is 2. The van der Waals surface area contributed by atoms with Gasteiger partial charge in [-0.05, 0) is 55.2 Å². The summed E-state index contributed by atoms with van der Waals surface area (Å²) in [5, 5.41) is 10.8. The van der Waals surface area contributed by atoms with Gasteiger partial charge in [0.05, 0.1) is 28.8 Å². The van der Waals surface area contributed by atoms with Gasteiger partial charge in [-0.2, -0.15) is 5.10 Å². The summed E-state index contributed by atoms with van der Waals surface area (Å²) < 4.78 is 18.0. The normalized spacial score (nSPS) is 15.3. The maximum absolute atomic E-state index is 16.6. The summed E-state index contributed by atoms with van der Waals surface area (Å²) in [7, 11) is 1.47. The molecule has 7 rings (SSSR count). The van der Waals surface area contributed by atoms with Gasteiger partial charge in [0.15, 0.2) is 5.65 Å². The van der Waals surface area contributed by atoms with E-state index < -0.39 is 17.3 Å². The first-order valence-corrected chi connectivity index (χ1v) is 15.5. The molecule has 2 amide bonds. The minimum absolute atomic E-state index is 0.0686. The van der Waals surface area contributed by atoms with Gasteiger partial charge < -0.3 is 15.1 Å². The van der Waals surface area contributed by atoms with Crippen LogP contribution in [0.5, 0.6) is 0 Å². The van der Waals surface area contributed by atoms with Crippen LogP contribution < -0.4 is 15.8 Å². The van der Waals surface area contributed by atoms with E-state index in [1.54, 1.807) is 23.4 Å². The van der Waals surface area contributed by atoms with Crippen LogP contribution in [0.25, 0.3) is 38.9 Å². The van der Waals surface area contributed by atoms with Gasteiger partial charge >= 0.3 is 0 Å². The Bertz CT molecular complexity index is 2200. The molecular formula is C35H35FN8O3. The van der Waals surface area contributed by atoms with Crippen molar-refractivity contribution in [1.29, 1.82) is 0 Å². The number of anilines is 1. The average molecular weight is 635 g/mol. The third-order valence-corrected chi connectivity index (χ3v) is 9.43. The highest BCUT2D eigenvalue weighted by molar-refractivity contribution is 6.08. The molecule has 1 spiro atoms. The van der Waals surface area contributed by atoms with Gasteiger partial charge in [0.25, 0.3) is 11.5 Å². The number of aromatic nitrogens is 5. The fourth-order valence-corrected chi connectivity index (χ4v) is 7.20. The molecule has 0 atom stereocenters. The number of aromatic amines is 1. The van der Waals surface area contributed by atoms with E-state index in [-0.39, 0.29) is 34.1 Å². The van der Waals surface area contributed by atoms with Gasteiger partial charge in [-0.3, -0.25) is 29.0 Å². The second kappa shape index (κ2) is 10.9. The molecule has 240 valence electrons. The monoisotopic (exact) mass is 634 g/mol. The molecule has 47 heavy (non-hydrogen) atoms. The SMILES string of the molecule is C=CC(=O)N1CC2(C1)CN(c1c(C(=O)NC)c(=O)n(-c3c(C)ccnc3C(C)C)c3nc(-c4c(C)ccc5[nH]ncc45)c(F)cc13)C2. The molecule has 0 radical (unpaired) electrons. The van der Waals surface area contributed by atoms with E-state index in [1.165, 1.54) is 23.8 Å². The van der Waals surface area contributed by atoms with Crippen molar-refractivity contribution in [3.05, 3.63) is 87.9 Å². The molecule has 2 fully saturated rings. The van der Waals surface area contributed by atoms with Crippen molar-refractivity contribution in [2.24, 2.45) is 5.41 Å². The van der Waals surface area contributed by atoms with E-state index in [2.05, 4.69) is 27.1 Å². The van der Waals surface area contributed by atoms with Crippen molar-refractivity contribution in [3.63, 3.8) is 0 Å². The number of benzene rings is 1. The maximum Gasteiger partial charge on any atom is 0.271 e. The van der Waals surface area contributed by atoms with Crippen LogP contribution in [0.4, 0.5) is 10.1 Å². The zero-order valence-corrected chi connectivity index (χ0v) is 26.9. The Morgan fingerprint density at radius 2 is 1.83 bits per heavy atom. The van der Waals surface area contributed by atoms with Crippen molar-refractivity contribution in [1.82, 2.24) is 34.9 Å². The Morgan fingerprint density at radius 1 is 1.09 bits per heavy atom. The molecular weight excluding hydrogens is 599 g/mol. The third-order valence-electron chi connectivity index (χ3n) is 9.43. The van der Waals surface area contributed by atoms with E-state index in [0.29, 0.717) is 59.6 Å². The number of amides is 2. The largest absolute Gasteiger partial charge is 0.369 e. The highest BCUT2D eigenvalue weighted by Crippen LogP contribution is 2.45. The summed E-state index contributed by atoms with van der Waals surface area (Å²) in [4.78, 5) is 53.8. The molecule has 4 aromatic heterocycles. The van der Waals surface area contributed by atoms with E-state index in [9.17, 15) is 14.4 Å². The van der Waals surface area contributed by atoms with E-state index in [0.717, 1.165) is 16.6 Å². The Balaban J connectivity index is 1.54. The molecule has 2 aliphatic heterocycles. The smallest absolute Gasteiger partial charge is 0.271 e. The molecule has 0 unspecified atom stereocenters. The molecule has 0 saturated carbocycles. The molecule has 1 aromatic carbocycles. The Kier molecular flexibility index (Phi) is 6.99. The number of carbonyl (C=O) groups excluding carboxylic acids is 2. The number of hydrogen-bond acceptors (Lipinski definition) is 7. The summed E-state index contributed by atoms with van der Waals surface area (Å²) in [6, 6.07) is 6.93. The Morgan fingerprint density at radius 3 is 2.51 bits per heavy atom. The summed E-state index contributed by atoms with van der Waals surface area (Å²) in [5.74, 6) is -1.40. The first-order valence-electron chi connectivity index (χ1n) is 15.5. The average Bonchev–Trinajstić information content (AvgIpc) is 3.48. The number of carbonyl (C=O) groups is 2. The zero-order chi connectivity index (χ0) is 33.4. The van der Waals surface area contributed by atoms with Gasteiger partial charge in [-0.25, -0.2) is 9.37 Å². The highest BCUT2D eigenvalue weighted by Gasteiger charge is 2.54. The predicted molar refractivity (Wildman–Crippen MR) is 179 cm³/mol. The number of nitrogens with zero attached hydrogens (tertiary/aromatic N) is 6. The molecule has 0 bridgehead atoms. The number of nitrogens with one attached hydrogen (secondary N) is 2. The van der Waals surface area contributed by atoms with Crippen LogP contribution in [0.2, 0.25) is 0 Å². The van der Waals surface area contributed by atoms with Gasteiger partial charge in [0.2, 0.25) is 5.91 Å². The van der Waals surface area contributed by atoms with Gasteiger partial charge in [-0.1, -0.05) is 26.5 Å². The third kappa shape index (κ3) is 4.53. The van der Waals surface area contributed by atoms with E-state index in [1.807, 2.05) is 44.7 Å². The second-order valence-electron chi connectivity index (χ2n) is 13.0.